The van der Waals surface area contributed by atoms with Crippen molar-refractivity contribution >= 4 is 29.9 Å². The van der Waals surface area contributed by atoms with Crippen LogP contribution in [0.25, 0.3) is 0 Å². The lowest BCUT2D eigenvalue weighted by molar-refractivity contribution is -0.0161. The lowest BCUT2D eigenvalue weighted by atomic mass is 10.1. The lowest BCUT2D eigenvalue weighted by Gasteiger charge is -2.30. The highest BCUT2D eigenvalue weighted by Gasteiger charge is 2.17. The summed E-state index contributed by atoms with van der Waals surface area (Å²) in [6, 6.07) is 8.48. The van der Waals surface area contributed by atoms with E-state index in [9.17, 15) is 0 Å². The number of guanidine groups is 1. The van der Waals surface area contributed by atoms with Gasteiger partial charge < -0.3 is 20.3 Å². The number of halogens is 1. The minimum atomic E-state index is 0. The Bertz CT molecular complexity index is 481. The Labute approximate surface area is 150 Å². The Kier molecular flexibility index (Phi) is 8.74. The van der Waals surface area contributed by atoms with Gasteiger partial charge in [-0.2, -0.15) is 0 Å². The number of hydrogen-bond donors (Lipinski definition) is 2. The van der Waals surface area contributed by atoms with Gasteiger partial charge in [-0.3, -0.25) is 4.99 Å². The van der Waals surface area contributed by atoms with Crippen LogP contribution < -0.4 is 10.6 Å². The molecule has 0 saturated carbocycles. The molecule has 0 spiro atoms. The second-order valence-electron chi connectivity index (χ2n) is 5.55. The van der Waals surface area contributed by atoms with Gasteiger partial charge in [-0.15, -0.1) is 24.0 Å². The van der Waals surface area contributed by atoms with Crippen LogP contribution in [-0.2, 0) is 11.3 Å². The van der Waals surface area contributed by atoms with Gasteiger partial charge in [-0.1, -0.05) is 29.8 Å². The van der Waals surface area contributed by atoms with Gasteiger partial charge >= 0.3 is 0 Å². The summed E-state index contributed by atoms with van der Waals surface area (Å²) in [6.45, 7) is 6.43. The van der Waals surface area contributed by atoms with E-state index in [4.69, 9.17) is 4.74 Å². The largest absolute Gasteiger partial charge is 0.374 e. The zero-order valence-electron chi connectivity index (χ0n) is 13.6. The van der Waals surface area contributed by atoms with Crippen LogP contribution in [0.2, 0.25) is 0 Å². The van der Waals surface area contributed by atoms with Crippen LogP contribution in [0.1, 0.15) is 11.1 Å². The van der Waals surface area contributed by atoms with E-state index < -0.39 is 0 Å². The fourth-order valence-electron chi connectivity index (χ4n) is 2.43. The molecule has 0 radical (unpaired) electrons. The van der Waals surface area contributed by atoms with Crippen LogP contribution >= 0.6 is 24.0 Å². The fourth-order valence-corrected chi connectivity index (χ4v) is 2.43. The van der Waals surface area contributed by atoms with Crippen LogP contribution in [0.5, 0.6) is 0 Å². The molecule has 1 atom stereocenters. The monoisotopic (exact) mass is 418 g/mol. The van der Waals surface area contributed by atoms with Crippen molar-refractivity contribution in [2.45, 2.75) is 19.6 Å². The smallest absolute Gasteiger partial charge is 0.191 e. The number of nitrogens with one attached hydrogen (secondary N) is 2. The van der Waals surface area contributed by atoms with Gasteiger partial charge in [0.25, 0.3) is 0 Å². The van der Waals surface area contributed by atoms with E-state index in [-0.39, 0.29) is 30.1 Å². The van der Waals surface area contributed by atoms with Crippen LogP contribution in [0, 0.1) is 6.92 Å². The van der Waals surface area contributed by atoms with Crippen molar-refractivity contribution in [3.05, 3.63) is 35.4 Å². The number of rotatable bonds is 4. The SMILES string of the molecule is CN=C(NCc1cccc(C)c1)NCC1CN(C)CCO1.I. The van der Waals surface area contributed by atoms with Gasteiger partial charge in [-0.05, 0) is 19.5 Å². The molecule has 0 aromatic heterocycles. The summed E-state index contributed by atoms with van der Waals surface area (Å²) < 4.78 is 5.73. The van der Waals surface area contributed by atoms with Crippen molar-refractivity contribution in [1.29, 1.82) is 0 Å². The second-order valence-corrected chi connectivity index (χ2v) is 5.55. The fraction of sp³-hybridized carbons (Fsp3) is 0.562. The molecule has 22 heavy (non-hydrogen) atoms. The van der Waals surface area contributed by atoms with Gasteiger partial charge in [0.05, 0.1) is 12.7 Å². The van der Waals surface area contributed by atoms with E-state index in [2.05, 4.69) is 58.8 Å². The second kappa shape index (κ2) is 10.0. The van der Waals surface area contributed by atoms with E-state index >= 15 is 0 Å². The van der Waals surface area contributed by atoms with Crippen molar-refractivity contribution in [3.63, 3.8) is 0 Å². The molecule has 5 nitrogen and oxygen atoms in total. The van der Waals surface area contributed by atoms with E-state index in [0.717, 1.165) is 38.7 Å². The number of hydrogen-bond acceptors (Lipinski definition) is 3. The third-order valence-corrected chi connectivity index (χ3v) is 3.61. The molecule has 2 rings (SSSR count). The van der Waals surface area contributed by atoms with Crippen LogP contribution in [0.4, 0.5) is 0 Å². The first-order valence-electron chi connectivity index (χ1n) is 7.47. The predicted molar refractivity (Wildman–Crippen MR) is 102 cm³/mol. The summed E-state index contributed by atoms with van der Waals surface area (Å²) in [5, 5.41) is 6.67. The molecule has 1 heterocycles. The third kappa shape index (κ3) is 6.50. The lowest BCUT2D eigenvalue weighted by Crippen LogP contribution is -2.48. The first-order chi connectivity index (χ1) is 10.2. The third-order valence-electron chi connectivity index (χ3n) is 3.61. The topological polar surface area (TPSA) is 48.9 Å². The van der Waals surface area contributed by atoms with Crippen LogP contribution in [-0.4, -0.2) is 57.3 Å². The van der Waals surface area contributed by atoms with Crippen molar-refractivity contribution < 1.29 is 4.74 Å². The number of ether oxygens (including phenoxy) is 1. The highest BCUT2D eigenvalue weighted by molar-refractivity contribution is 14.0. The molecule has 1 aliphatic rings. The molecule has 6 heteroatoms. The van der Waals surface area contributed by atoms with E-state index in [1.807, 2.05) is 0 Å². The van der Waals surface area contributed by atoms with Gasteiger partial charge in [-0.25, -0.2) is 0 Å². The van der Waals surface area contributed by atoms with Crippen LogP contribution in [0.15, 0.2) is 29.3 Å². The van der Waals surface area contributed by atoms with Gasteiger partial charge in [0.1, 0.15) is 0 Å². The number of aliphatic imine (C=N–C) groups is 1. The maximum Gasteiger partial charge on any atom is 0.191 e. The summed E-state index contributed by atoms with van der Waals surface area (Å²) in [7, 11) is 3.92. The molecule has 0 aliphatic carbocycles. The average Bonchev–Trinajstić information content (AvgIpc) is 2.47. The number of nitrogens with zero attached hydrogens (tertiary/aromatic N) is 2. The van der Waals surface area contributed by atoms with Crippen molar-refractivity contribution in [1.82, 2.24) is 15.5 Å². The quantitative estimate of drug-likeness (QED) is 0.443. The minimum Gasteiger partial charge on any atom is -0.374 e. The number of likely N-dealkylation sites (N-methyl/N-ethyl adjacent to an activating group) is 1. The normalized spacial score (nSPS) is 19.4. The van der Waals surface area contributed by atoms with Gasteiger partial charge in [0.15, 0.2) is 5.96 Å². The Morgan fingerprint density at radius 2 is 2.23 bits per heavy atom. The molecule has 1 aromatic carbocycles. The number of benzene rings is 1. The molecule has 1 unspecified atom stereocenters. The molecule has 1 aliphatic heterocycles. The van der Waals surface area contributed by atoms with E-state index in [1.54, 1.807) is 7.05 Å². The summed E-state index contributed by atoms with van der Waals surface area (Å²) >= 11 is 0. The average molecular weight is 418 g/mol. The molecule has 0 bridgehead atoms. The zero-order valence-corrected chi connectivity index (χ0v) is 16.0. The molecule has 124 valence electrons. The summed E-state index contributed by atoms with van der Waals surface area (Å²) in [5.74, 6) is 0.813. The Balaban J connectivity index is 0.00000242. The maximum atomic E-state index is 5.73. The highest BCUT2D eigenvalue weighted by Crippen LogP contribution is 2.03. The molecule has 1 fully saturated rings. The first kappa shape index (κ1) is 19.2. The number of morpholine rings is 1. The van der Waals surface area contributed by atoms with Crippen molar-refractivity contribution in [2.24, 2.45) is 4.99 Å². The molecular formula is C16H27IN4O. The first-order valence-corrected chi connectivity index (χ1v) is 7.47. The predicted octanol–water partition coefficient (Wildman–Crippen LogP) is 1.61. The Morgan fingerprint density at radius 3 is 2.91 bits per heavy atom. The van der Waals surface area contributed by atoms with Crippen molar-refractivity contribution in [2.75, 3.05) is 40.3 Å². The zero-order chi connectivity index (χ0) is 15.1. The van der Waals surface area contributed by atoms with E-state index in [0.29, 0.717) is 0 Å². The molecule has 1 saturated heterocycles. The Hall–Kier alpha value is -0.860. The van der Waals surface area contributed by atoms with Crippen molar-refractivity contribution in [3.8, 4) is 0 Å². The summed E-state index contributed by atoms with van der Waals surface area (Å²) in [4.78, 5) is 6.54. The van der Waals surface area contributed by atoms with Gasteiger partial charge in [0.2, 0.25) is 0 Å². The standard InChI is InChI=1S/C16H26N4O.HI/c1-13-5-4-6-14(9-13)10-18-16(17-2)19-11-15-12-20(3)7-8-21-15;/h4-6,9,15H,7-8,10-12H2,1-3H3,(H2,17,18,19);1H. The molecule has 0 amide bonds. The Morgan fingerprint density at radius 1 is 1.41 bits per heavy atom. The van der Waals surface area contributed by atoms with E-state index in [1.165, 1.54) is 11.1 Å². The molecular weight excluding hydrogens is 391 g/mol. The van der Waals surface area contributed by atoms with Gasteiger partial charge in [0, 0.05) is 33.2 Å². The maximum absolute atomic E-state index is 5.73. The summed E-state index contributed by atoms with van der Waals surface area (Å²) in [6.07, 6.45) is 0.223. The minimum absolute atomic E-state index is 0. The number of aryl methyl sites for hydroxylation is 1. The highest BCUT2D eigenvalue weighted by atomic mass is 127. The summed E-state index contributed by atoms with van der Waals surface area (Å²) in [5.41, 5.74) is 2.53. The van der Waals surface area contributed by atoms with Crippen LogP contribution in [0.3, 0.4) is 0 Å². The molecule has 1 aromatic rings. The molecule has 2 N–H and O–H groups in total.